The van der Waals surface area contributed by atoms with E-state index in [1.54, 1.807) is 7.11 Å². The quantitative estimate of drug-likeness (QED) is 0.890. The number of nitrogens with two attached hydrogens (primary N) is 1. The summed E-state index contributed by atoms with van der Waals surface area (Å²) < 4.78 is 5.51. The highest BCUT2D eigenvalue weighted by atomic mass is 16.5. The predicted molar refractivity (Wildman–Crippen MR) is 80.3 cm³/mol. The van der Waals surface area contributed by atoms with Crippen molar-refractivity contribution in [2.45, 2.75) is 46.1 Å². The lowest BCUT2D eigenvalue weighted by Crippen LogP contribution is -2.29. The molecule has 0 amide bonds. The first-order valence-corrected chi connectivity index (χ1v) is 7.41. The summed E-state index contributed by atoms with van der Waals surface area (Å²) in [6.45, 7) is 6.78. The van der Waals surface area contributed by atoms with Gasteiger partial charge in [0.1, 0.15) is 5.75 Å². The highest BCUT2D eigenvalue weighted by molar-refractivity contribution is 5.39. The molecule has 0 spiro atoms. The highest BCUT2D eigenvalue weighted by Crippen LogP contribution is 2.40. The zero-order chi connectivity index (χ0) is 14.0. The van der Waals surface area contributed by atoms with Crippen molar-refractivity contribution in [3.8, 4) is 5.75 Å². The van der Waals surface area contributed by atoms with Crippen LogP contribution in [0, 0.1) is 24.7 Å². The SMILES string of the molecule is COc1cc(C)ccc1C(N)C1CC(C)CC(C)C1. The van der Waals surface area contributed by atoms with E-state index in [1.165, 1.54) is 30.4 Å². The van der Waals surface area contributed by atoms with Crippen molar-refractivity contribution in [2.24, 2.45) is 23.5 Å². The number of methoxy groups -OCH3 is 1. The minimum absolute atomic E-state index is 0.0979. The third kappa shape index (κ3) is 3.30. The Balaban J connectivity index is 2.21. The second-order valence-corrected chi connectivity index (χ2v) is 6.45. The zero-order valence-electron chi connectivity index (χ0n) is 12.6. The molecule has 1 aromatic carbocycles. The molecule has 1 fully saturated rings. The van der Waals surface area contributed by atoms with Gasteiger partial charge in [-0.3, -0.25) is 0 Å². The normalized spacial score (nSPS) is 29.0. The first-order valence-electron chi connectivity index (χ1n) is 7.41. The van der Waals surface area contributed by atoms with Crippen LogP contribution in [0.3, 0.4) is 0 Å². The number of hydrogen-bond donors (Lipinski definition) is 1. The summed E-state index contributed by atoms with van der Waals surface area (Å²) in [7, 11) is 1.73. The molecule has 19 heavy (non-hydrogen) atoms. The van der Waals surface area contributed by atoms with Gasteiger partial charge in [-0.05, 0) is 55.6 Å². The van der Waals surface area contributed by atoms with Crippen LogP contribution in [0.2, 0.25) is 0 Å². The molecule has 2 N–H and O–H groups in total. The molecule has 1 aliphatic carbocycles. The minimum atomic E-state index is 0.0979. The van der Waals surface area contributed by atoms with Gasteiger partial charge >= 0.3 is 0 Å². The van der Waals surface area contributed by atoms with Crippen LogP contribution < -0.4 is 10.5 Å². The molecule has 106 valence electrons. The van der Waals surface area contributed by atoms with Gasteiger partial charge in [-0.1, -0.05) is 26.0 Å². The number of aryl methyl sites for hydroxylation is 1. The molecule has 2 rings (SSSR count). The first-order chi connectivity index (χ1) is 9.01. The Morgan fingerprint density at radius 2 is 1.79 bits per heavy atom. The average molecular weight is 261 g/mol. The second kappa shape index (κ2) is 5.96. The lowest BCUT2D eigenvalue weighted by Gasteiger charge is -2.35. The zero-order valence-corrected chi connectivity index (χ0v) is 12.6. The van der Waals surface area contributed by atoms with Crippen molar-refractivity contribution in [3.05, 3.63) is 29.3 Å². The topological polar surface area (TPSA) is 35.2 Å². The Kier molecular flexibility index (Phi) is 4.51. The van der Waals surface area contributed by atoms with Crippen LogP contribution in [0.5, 0.6) is 5.75 Å². The van der Waals surface area contributed by atoms with Crippen LogP contribution in [0.4, 0.5) is 0 Å². The number of ether oxygens (including phenoxy) is 1. The van der Waals surface area contributed by atoms with Gasteiger partial charge in [0.2, 0.25) is 0 Å². The van der Waals surface area contributed by atoms with Crippen LogP contribution in [-0.2, 0) is 0 Å². The molecule has 0 radical (unpaired) electrons. The summed E-state index contributed by atoms with van der Waals surface area (Å²) in [5.41, 5.74) is 8.93. The third-order valence-electron chi connectivity index (χ3n) is 4.47. The van der Waals surface area contributed by atoms with Crippen LogP contribution in [0.1, 0.15) is 50.3 Å². The standard InChI is InChI=1S/C17H27NO/c1-11-5-6-15(16(10-11)19-4)17(18)14-8-12(2)7-13(3)9-14/h5-6,10,12-14,17H,7-9,18H2,1-4H3. The van der Waals surface area contributed by atoms with Gasteiger partial charge in [-0.25, -0.2) is 0 Å². The number of rotatable bonds is 3. The van der Waals surface area contributed by atoms with E-state index < -0.39 is 0 Å². The van der Waals surface area contributed by atoms with Gasteiger partial charge in [0.05, 0.1) is 7.11 Å². The number of hydrogen-bond acceptors (Lipinski definition) is 2. The summed E-state index contributed by atoms with van der Waals surface area (Å²) in [6.07, 6.45) is 3.82. The van der Waals surface area contributed by atoms with E-state index in [2.05, 4.69) is 39.0 Å². The smallest absolute Gasteiger partial charge is 0.123 e. The molecular weight excluding hydrogens is 234 g/mol. The molecular formula is C17H27NO. The van der Waals surface area contributed by atoms with Crippen LogP contribution >= 0.6 is 0 Å². The summed E-state index contributed by atoms with van der Waals surface area (Å²) in [5.74, 6) is 3.10. The van der Waals surface area contributed by atoms with E-state index in [1.807, 2.05) is 0 Å². The molecule has 0 bridgehead atoms. The van der Waals surface area contributed by atoms with E-state index in [0.29, 0.717) is 5.92 Å². The molecule has 2 heteroatoms. The van der Waals surface area contributed by atoms with E-state index >= 15 is 0 Å². The Morgan fingerprint density at radius 1 is 1.16 bits per heavy atom. The molecule has 3 unspecified atom stereocenters. The highest BCUT2D eigenvalue weighted by Gasteiger charge is 2.30. The van der Waals surface area contributed by atoms with Crippen molar-refractivity contribution in [2.75, 3.05) is 7.11 Å². The van der Waals surface area contributed by atoms with E-state index in [-0.39, 0.29) is 6.04 Å². The van der Waals surface area contributed by atoms with Gasteiger partial charge in [0.25, 0.3) is 0 Å². The fraction of sp³-hybridized carbons (Fsp3) is 0.647. The van der Waals surface area contributed by atoms with Crippen LogP contribution in [0.15, 0.2) is 18.2 Å². The van der Waals surface area contributed by atoms with Crippen molar-refractivity contribution in [1.29, 1.82) is 0 Å². The van der Waals surface area contributed by atoms with Gasteiger partial charge in [-0.15, -0.1) is 0 Å². The minimum Gasteiger partial charge on any atom is -0.496 e. The fourth-order valence-electron chi connectivity index (χ4n) is 3.65. The number of benzene rings is 1. The summed E-state index contributed by atoms with van der Waals surface area (Å²) in [4.78, 5) is 0. The average Bonchev–Trinajstić information content (AvgIpc) is 2.36. The maximum absolute atomic E-state index is 6.54. The lowest BCUT2D eigenvalue weighted by molar-refractivity contribution is 0.192. The van der Waals surface area contributed by atoms with Crippen molar-refractivity contribution in [3.63, 3.8) is 0 Å². The van der Waals surface area contributed by atoms with E-state index in [4.69, 9.17) is 10.5 Å². The van der Waals surface area contributed by atoms with E-state index in [0.717, 1.165) is 17.6 Å². The molecule has 0 saturated heterocycles. The molecule has 0 aromatic heterocycles. The monoisotopic (exact) mass is 261 g/mol. The Labute approximate surface area is 117 Å². The van der Waals surface area contributed by atoms with Crippen LogP contribution in [0.25, 0.3) is 0 Å². The molecule has 1 aliphatic rings. The summed E-state index contributed by atoms with van der Waals surface area (Å²) in [5, 5.41) is 0. The van der Waals surface area contributed by atoms with Crippen molar-refractivity contribution < 1.29 is 4.74 Å². The fourth-order valence-corrected chi connectivity index (χ4v) is 3.65. The summed E-state index contributed by atoms with van der Waals surface area (Å²) >= 11 is 0. The largest absolute Gasteiger partial charge is 0.496 e. The van der Waals surface area contributed by atoms with Gasteiger partial charge in [-0.2, -0.15) is 0 Å². The van der Waals surface area contributed by atoms with Gasteiger partial charge in [0.15, 0.2) is 0 Å². The maximum Gasteiger partial charge on any atom is 0.123 e. The lowest BCUT2D eigenvalue weighted by atomic mass is 9.72. The molecule has 3 atom stereocenters. The van der Waals surface area contributed by atoms with Gasteiger partial charge in [0, 0.05) is 11.6 Å². The second-order valence-electron chi connectivity index (χ2n) is 6.45. The summed E-state index contributed by atoms with van der Waals surface area (Å²) in [6, 6.07) is 6.46. The predicted octanol–water partition coefficient (Wildman–Crippen LogP) is 4.08. The van der Waals surface area contributed by atoms with Crippen molar-refractivity contribution >= 4 is 0 Å². The van der Waals surface area contributed by atoms with Crippen molar-refractivity contribution in [1.82, 2.24) is 0 Å². The molecule has 0 heterocycles. The van der Waals surface area contributed by atoms with E-state index in [9.17, 15) is 0 Å². The van der Waals surface area contributed by atoms with Gasteiger partial charge < -0.3 is 10.5 Å². The molecule has 1 saturated carbocycles. The Bertz CT molecular complexity index is 419. The third-order valence-corrected chi connectivity index (χ3v) is 4.47. The molecule has 2 nitrogen and oxygen atoms in total. The first kappa shape index (κ1) is 14.4. The van der Waals surface area contributed by atoms with Crippen LogP contribution in [-0.4, -0.2) is 7.11 Å². The Hall–Kier alpha value is -1.02. The maximum atomic E-state index is 6.54. The Morgan fingerprint density at radius 3 is 2.37 bits per heavy atom. The molecule has 0 aliphatic heterocycles. The molecule has 1 aromatic rings.